The van der Waals surface area contributed by atoms with Crippen LogP contribution in [0.25, 0.3) is 10.1 Å². The molecule has 2 heteroatoms. The van der Waals surface area contributed by atoms with E-state index in [0.717, 1.165) is 19.3 Å². The van der Waals surface area contributed by atoms with Crippen molar-refractivity contribution in [2.45, 2.75) is 31.6 Å². The molecule has 16 heavy (non-hydrogen) atoms. The Morgan fingerprint density at radius 2 is 2.12 bits per heavy atom. The summed E-state index contributed by atoms with van der Waals surface area (Å²) in [6.07, 6.45) is 4.08. The molecular weight excluding hydrogens is 216 g/mol. The number of benzene rings is 1. The molecule has 1 unspecified atom stereocenters. The van der Waals surface area contributed by atoms with Crippen LogP contribution in [0.5, 0.6) is 0 Å². The first kappa shape index (κ1) is 10.0. The third-order valence-electron chi connectivity index (χ3n) is 3.44. The summed E-state index contributed by atoms with van der Waals surface area (Å²) in [5, 5.41) is 3.39. The van der Waals surface area contributed by atoms with Crippen LogP contribution >= 0.6 is 11.3 Å². The zero-order valence-electron chi connectivity index (χ0n) is 9.11. The van der Waals surface area contributed by atoms with E-state index in [0.29, 0.717) is 5.78 Å². The Morgan fingerprint density at radius 1 is 1.19 bits per heavy atom. The monoisotopic (exact) mass is 230 g/mol. The third kappa shape index (κ3) is 1.57. The molecule has 0 amide bonds. The maximum atomic E-state index is 12.0. The quantitative estimate of drug-likeness (QED) is 0.720. The molecule has 0 spiro atoms. The number of carbonyl (C=O) groups excluding carboxylic acids is 1. The van der Waals surface area contributed by atoms with E-state index in [2.05, 4.69) is 29.6 Å². The number of rotatable bonds is 1. The predicted octanol–water partition coefficient (Wildman–Crippen LogP) is 4.13. The first-order valence-electron chi connectivity index (χ1n) is 5.85. The Balaban J connectivity index is 2.10. The van der Waals surface area contributed by atoms with Crippen molar-refractivity contribution in [3.63, 3.8) is 0 Å². The van der Waals surface area contributed by atoms with Crippen LogP contribution in [0.2, 0.25) is 0 Å². The molecular formula is C14H14OS. The molecule has 0 N–H and O–H groups in total. The third-order valence-corrected chi connectivity index (χ3v) is 4.42. The van der Waals surface area contributed by atoms with Crippen molar-refractivity contribution in [1.82, 2.24) is 0 Å². The molecule has 1 nitrogen and oxygen atoms in total. The van der Waals surface area contributed by atoms with Gasteiger partial charge in [0, 0.05) is 17.0 Å². The smallest absolute Gasteiger partial charge is 0.140 e. The first-order chi connectivity index (χ1) is 7.86. The summed E-state index contributed by atoms with van der Waals surface area (Å²) in [6, 6.07) is 8.47. The largest absolute Gasteiger partial charge is 0.299 e. The fourth-order valence-corrected chi connectivity index (χ4v) is 3.57. The van der Waals surface area contributed by atoms with Gasteiger partial charge >= 0.3 is 0 Å². The molecule has 1 saturated carbocycles. The van der Waals surface area contributed by atoms with E-state index in [-0.39, 0.29) is 5.92 Å². The van der Waals surface area contributed by atoms with E-state index in [9.17, 15) is 4.79 Å². The second-order valence-electron chi connectivity index (χ2n) is 4.45. The van der Waals surface area contributed by atoms with Gasteiger partial charge in [-0.1, -0.05) is 24.6 Å². The van der Waals surface area contributed by atoms with Gasteiger partial charge in [0.15, 0.2) is 0 Å². The minimum absolute atomic E-state index is 0.163. The summed E-state index contributed by atoms with van der Waals surface area (Å²) in [6.45, 7) is 0. The molecule has 1 aromatic carbocycles. The second kappa shape index (κ2) is 4.02. The van der Waals surface area contributed by atoms with E-state index >= 15 is 0 Å². The Hall–Kier alpha value is -1.15. The van der Waals surface area contributed by atoms with Gasteiger partial charge in [-0.15, -0.1) is 11.3 Å². The van der Waals surface area contributed by atoms with Crippen LogP contribution in [0.15, 0.2) is 29.6 Å². The first-order valence-corrected chi connectivity index (χ1v) is 6.73. The standard InChI is InChI=1S/C14H14OS/c15-13-7-2-1-5-11(13)12-6-3-4-10-8-9-16-14(10)12/h3-4,6,8-9,11H,1-2,5,7H2. The number of hydrogen-bond acceptors (Lipinski definition) is 2. The minimum Gasteiger partial charge on any atom is -0.299 e. The number of fused-ring (bicyclic) bond motifs is 1. The average Bonchev–Trinajstić information content (AvgIpc) is 2.77. The molecule has 1 aliphatic rings. The summed E-state index contributed by atoms with van der Waals surface area (Å²) in [5.41, 5.74) is 1.26. The summed E-state index contributed by atoms with van der Waals surface area (Å²) in [4.78, 5) is 12.0. The van der Waals surface area contributed by atoms with Crippen molar-refractivity contribution in [3.8, 4) is 0 Å². The van der Waals surface area contributed by atoms with Crippen LogP contribution in [0.3, 0.4) is 0 Å². The molecule has 1 atom stereocenters. The summed E-state index contributed by atoms with van der Waals surface area (Å²) in [5.74, 6) is 0.600. The molecule has 0 bridgehead atoms. The lowest BCUT2D eigenvalue weighted by Gasteiger charge is -2.21. The van der Waals surface area contributed by atoms with Gasteiger partial charge in [-0.05, 0) is 35.2 Å². The van der Waals surface area contributed by atoms with Gasteiger partial charge in [-0.2, -0.15) is 0 Å². The SMILES string of the molecule is O=C1CCCCC1c1cccc2ccsc12. The number of hydrogen-bond donors (Lipinski definition) is 0. The minimum atomic E-state index is 0.163. The van der Waals surface area contributed by atoms with Crippen LogP contribution in [0.4, 0.5) is 0 Å². The fourth-order valence-electron chi connectivity index (χ4n) is 2.60. The maximum absolute atomic E-state index is 12.0. The molecule has 1 fully saturated rings. The van der Waals surface area contributed by atoms with E-state index in [1.165, 1.54) is 22.1 Å². The van der Waals surface area contributed by atoms with Crippen LogP contribution < -0.4 is 0 Å². The molecule has 3 rings (SSSR count). The molecule has 0 radical (unpaired) electrons. The Labute approximate surface area is 99.1 Å². The predicted molar refractivity (Wildman–Crippen MR) is 68.0 cm³/mol. The zero-order chi connectivity index (χ0) is 11.0. The highest BCUT2D eigenvalue weighted by Gasteiger charge is 2.25. The summed E-state index contributed by atoms with van der Waals surface area (Å²) in [7, 11) is 0. The number of carbonyl (C=O) groups is 1. The van der Waals surface area contributed by atoms with E-state index in [1.807, 2.05) is 0 Å². The van der Waals surface area contributed by atoms with Crippen molar-refractivity contribution in [2.24, 2.45) is 0 Å². The van der Waals surface area contributed by atoms with E-state index < -0.39 is 0 Å². The number of thiophene rings is 1. The van der Waals surface area contributed by atoms with Crippen LogP contribution in [0, 0.1) is 0 Å². The van der Waals surface area contributed by atoms with Gasteiger partial charge < -0.3 is 0 Å². The van der Waals surface area contributed by atoms with Crippen molar-refractivity contribution < 1.29 is 4.79 Å². The Kier molecular flexibility index (Phi) is 2.52. The van der Waals surface area contributed by atoms with Crippen LogP contribution in [-0.2, 0) is 4.79 Å². The molecule has 2 aromatic rings. The summed E-state index contributed by atoms with van der Waals surface area (Å²) < 4.78 is 1.31. The highest BCUT2D eigenvalue weighted by molar-refractivity contribution is 7.17. The second-order valence-corrected chi connectivity index (χ2v) is 5.37. The van der Waals surface area contributed by atoms with E-state index in [4.69, 9.17) is 0 Å². The van der Waals surface area contributed by atoms with Gasteiger partial charge in [0.2, 0.25) is 0 Å². The number of Topliss-reactive ketones (excluding diaryl/α,β-unsaturated/α-hetero) is 1. The van der Waals surface area contributed by atoms with Gasteiger partial charge in [0.25, 0.3) is 0 Å². The van der Waals surface area contributed by atoms with Crippen molar-refractivity contribution in [3.05, 3.63) is 35.2 Å². The van der Waals surface area contributed by atoms with Crippen LogP contribution in [0.1, 0.15) is 37.2 Å². The molecule has 1 aromatic heterocycles. The zero-order valence-corrected chi connectivity index (χ0v) is 9.93. The highest BCUT2D eigenvalue weighted by Crippen LogP contribution is 2.36. The number of ketones is 1. The van der Waals surface area contributed by atoms with E-state index in [1.54, 1.807) is 11.3 Å². The molecule has 1 aliphatic carbocycles. The lowest BCUT2D eigenvalue weighted by Crippen LogP contribution is -2.16. The van der Waals surface area contributed by atoms with Crippen molar-refractivity contribution in [1.29, 1.82) is 0 Å². The lowest BCUT2D eigenvalue weighted by atomic mass is 9.83. The van der Waals surface area contributed by atoms with Crippen LogP contribution in [-0.4, -0.2) is 5.78 Å². The highest BCUT2D eigenvalue weighted by atomic mass is 32.1. The molecule has 1 heterocycles. The molecule has 82 valence electrons. The molecule has 0 saturated heterocycles. The average molecular weight is 230 g/mol. The molecule has 0 aliphatic heterocycles. The normalized spacial score (nSPS) is 21.5. The van der Waals surface area contributed by atoms with Gasteiger partial charge in [0.05, 0.1) is 0 Å². The maximum Gasteiger partial charge on any atom is 0.140 e. The Bertz CT molecular complexity index is 526. The lowest BCUT2D eigenvalue weighted by molar-refractivity contribution is -0.121. The van der Waals surface area contributed by atoms with Gasteiger partial charge in [-0.25, -0.2) is 0 Å². The van der Waals surface area contributed by atoms with Crippen molar-refractivity contribution in [2.75, 3.05) is 0 Å². The van der Waals surface area contributed by atoms with Gasteiger partial charge in [-0.3, -0.25) is 4.79 Å². The van der Waals surface area contributed by atoms with Gasteiger partial charge in [0.1, 0.15) is 5.78 Å². The fraction of sp³-hybridized carbons (Fsp3) is 0.357. The Morgan fingerprint density at radius 3 is 3.00 bits per heavy atom. The topological polar surface area (TPSA) is 17.1 Å². The van der Waals surface area contributed by atoms with Crippen molar-refractivity contribution >= 4 is 27.2 Å². The summed E-state index contributed by atoms with van der Waals surface area (Å²) >= 11 is 1.76.